The molecular weight excluding hydrogens is 545 g/mol. The number of aryl methyl sites for hydroxylation is 1. The third-order valence-electron chi connectivity index (χ3n) is 5.99. The zero-order valence-electron chi connectivity index (χ0n) is 21.5. The van der Waals surface area contributed by atoms with Gasteiger partial charge in [-0.2, -0.15) is 0 Å². The highest BCUT2D eigenvalue weighted by Crippen LogP contribution is 2.27. The van der Waals surface area contributed by atoms with E-state index < -0.39 is 28.5 Å². The molecule has 3 rings (SSSR count). The molecule has 38 heavy (non-hydrogen) atoms. The van der Waals surface area contributed by atoms with Gasteiger partial charge < -0.3 is 10.2 Å². The summed E-state index contributed by atoms with van der Waals surface area (Å²) in [5.74, 6) is -0.846. The molecule has 0 heterocycles. The van der Waals surface area contributed by atoms with Gasteiger partial charge in [0.2, 0.25) is 11.8 Å². The zero-order chi connectivity index (χ0) is 27.9. The average molecular weight is 577 g/mol. The van der Waals surface area contributed by atoms with E-state index in [9.17, 15) is 18.0 Å². The highest BCUT2D eigenvalue weighted by atomic mass is 35.5. The van der Waals surface area contributed by atoms with E-state index in [0.29, 0.717) is 23.0 Å². The van der Waals surface area contributed by atoms with Crippen molar-refractivity contribution < 1.29 is 18.0 Å². The van der Waals surface area contributed by atoms with Crippen LogP contribution in [0.4, 0.5) is 5.69 Å². The van der Waals surface area contributed by atoms with Crippen LogP contribution < -0.4 is 9.62 Å². The van der Waals surface area contributed by atoms with Gasteiger partial charge >= 0.3 is 0 Å². The van der Waals surface area contributed by atoms with Crippen LogP contribution in [0, 0.1) is 6.92 Å². The van der Waals surface area contributed by atoms with Crippen LogP contribution in [0.15, 0.2) is 77.7 Å². The van der Waals surface area contributed by atoms with Crippen molar-refractivity contribution in [3.8, 4) is 0 Å². The van der Waals surface area contributed by atoms with Gasteiger partial charge in [-0.1, -0.05) is 66.0 Å². The number of likely N-dealkylation sites (N-methyl/N-ethyl adjacent to an activating group) is 1. The summed E-state index contributed by atoms with van der Waals surface area (Å²) in [7, 11) is -4.15. The molecule has 0 aromatic heterocycles. The van der Waals surface area contributed by atoms with Crippen molar-refractivity contribution in [2.75, 3.05) is 17.4 Å². The number of benzene rings is 3. The number of carbonyl (C=O) groups excluding carboxylic acids is 2. The molecule has 0 bridgehead atoms. The summed E-state index contributed by atoms with van der Waals surface area (Å²) in [5, 5.41) is 3.64. The van der Waals surface area contributed by atoms with Crippen molar-refractivity contribution >= 4 is 50.7 Å². The Morgan fingerprint density at radius 2 is 1.58 bits per heavy atom. The maximum absolute atomic E-state index is 13.9. The molecule has 0 spiro atoms. The van der Waals surface area contributed by atoms with Crippen molar-refractivity contribution in [1.82, 2.24) is 10.2 Å². The Balaban J connectivity index is 2.05. The van der Waals surface area contributed by atoms with E-state index in [2.05, 4.69) is 5.32 Å². The zero-order valence-corrected chi connectivity index (χ0v) is 23.9. The third-order valence-corrected chi connectivity index (χ3v) is 8.26. The van der Waals surface area contributed by atoms with Crippen LogP contribution in [-0.2, 0) is 26.2 Å². The second-order valence-corrected chi connectivity index (χ2v) is 11.5. The molecular formula is C28H31Cl2N3O4S. The van der Waals surface area contributed by atoms with Gasteiger partial charge in [0.15, 0.2) is 0 Å². The van der Waals surface area contributed by atoms with Gasteiger partial charge in [0.25, 0.3) is 10.0 Å². The van der Waals surface area contributed by atoms with Gasteiger partial charge in [-0.05, 0) is 68.3 Å². The van der Waals surface area contributed by atoms with Crippen molar-refractivity contribution in [3.63, 3.8) is 0 Å². The van der Waals surface area contributed by atoms with E-state index in [0.717, 1.165) is 15.4 Å². The molecule has 0 fully saturated rings. The molecule has 0 unspecified atom stereocenters. The maximum Gasteiger partial charge on any atom is 0.264 e. The molecule has 2 amide bonds. The summed E-state index contributed by atoms with van der Waals surface area (Å²) in [6, 6.07) is 18.8. The Hall–Kier alpha value is -3.07. The number of sulfonamides is 1. The average Bonchev–Trinajstić information content (AvgIpc) is 2.88. The minimum Gasteiger partial charge on any atom is -0.355 e. The molecule has 1 atom stereocenters. The van der Waals surface area contributed by atoms with Crippen LogP contribution in [0.5, 0.6) is 0 Å². The summed E-state index contributed by atoms with van der Waals surface area (Å²) in [5.41, 5.74) is 1.89. The fourth-order valence-corrected chi connectivity index (χ4v) is 5.71. The summed E-state index contributed by atoms with van der Waals surface area (Å²) in [6.45, 7) is 5.43. The van der Waals surface area contributed by atoms with E-state index >= 15 is 0 Å². The standard InChI is InChI=1S/C28H31Cl2N3O4S/c1-4-26(28(35)31-5-2)32(18-21-11-13-22(29)14-12-21)27(34)19-33(24-8-6-7-23(30)17-24)38(36,37)25-15-9-20(3)10-16-25/h6-17,26H,4-5,18-19H2,1-3H3,(H,31,35)/t26-/m0/s1. The summed E-state index contributed by atoms with van der Waals surface area (Å²) >= 11 is 12.2. The van der Waals surface area contributed by atoms with Gasteiger partial charge in [-0.25, -0.2) is 8.42 Å². The molecule has 1 N–H and O–H groups in total. The normalized spacial score (nSPS) is 12.0. The Morgan fingerprint density at radius 3 is 2.16 bits per heavy atom. The highest BCUT2D eigenvalue weighted by molar-refractivity contribution is 7.92. The summed E-state index contributed by atoms with van der Waals surface area (Å²) < 4.78 is 28.6. The number of halogens is 2. The molecule has 0 aliphatic heterocycles. The van der Waals surface area contributed by atoms with Crippen LogP contribution in [-0.4, -0.2) is 44.3 Å². The molecule has 202 valence electrons. The first-order valence-electron chi connectivity index (χ1n) is 12.2. The quantitative estimate of drug-likeness (QED) is 0.330. The topological polar surface area (TPSA) is 86.8 Å². The Morgan fingerprint density at radius 1 is 0.921 bits per heavy atom. The number of rotatable bonds is 11. The second-order valence-electron chi connectivity index (χ2n) is 8.77. The predicted molar refractivity (Wildman–Crippen MR) is 152 cm³/mol. The number of amides is 2. The largest absolute Gasteiger partial charge is 0.355 e. The van der Waals surface area contributed by atoms with E-state index in [4.69, 9.17) is 23.2 Å². The molecule has 0 aliphatic carbocycles. The first-order valence-corrected chi connectivity index (χ1v) is 14.4. The summed E-state index contributed by atoms with van der Waals surface area (Å²) in [4.78, 5) is 28.3. The van der Waals surface area contributed by atoms with Crippen LogP contribution in [0.1, 0.15) is 31.4 Å². The minimum absolute atomic E-state index is 0.0379. The Kier molecular flexibility index (Phi) is 10.2. The van der Waals surface area contributed by atoms with Crippen molar-refractivity contribution in [2.45, 2.75) is 44.7 Å². The second kappa shape index (κ2) is 13.1. The molecule has 0 saturated carbocycles. The monoisotopic (exact) mass is 575 g/mol. The van der Waals surface area contributed by atoms with Gasteiger partial charge in [0.05, 0.1) is 10.6 Å². The van der Waals surface area contributed by atoms with E-state index in [1.54, 1.807) is 68.4 Å². The lowest BCUT2D eigenvalue weighted by atomic mass is 10.1. The predicted octanol–water partition coefficient (Wildman–Crippen LogP) is 5.44. The molecule has 0 saturated heterocycles. The number of hydrogen-bond acceptors (Lipinski definition) is 4. The van der Waals surface area contributed by atoms with Crippen molar-refractivity contribution in [2.24, 2.45) is 0 Å². The molecule has 3 aromatic carbocycles. The van der Waals surface area contributed by atoms with Crippen molar-refractivity contribution in [3.05, 3.63) is 94.0 Å². The van der Waals surface area contributed by atoms with E-state index in [1.165, 1.54) is 23.1 Å². The first kappa shape index (κ1) is 29.5. The summed E-state index contributed by atoms with van der Waals surface area (Å²) in [6.07, 6.45) is 0.340. The van der Waals surface area contributed by atoms with Gasteiger partial charge in [-0.15, -0.1) is 0 Å². The van der Waals surface area contributed by atoms with E-state index in [-0.39, 0.29) is 23.0 Å². The van der Waals surface area contributed by atoms with Crippen LogP contribution >= 0.6 is 23.2 Å². The Labute approximate surface area is 234 Å². The van der Waals surface area contributed by atoms with Gasteiger partial charge in [0.1, 0.15) is 12.6 Å². The SMILES string of the molecule is CCNC(=O)[C@H](CC)N(Cc1ccc(Cl)cc1)C(=O)CN(c1cccc(Cl)c1)S(=O)(=O)c1ccc(C)cc1. The molecule has 0 radical (unpaired) electrons. The molecule has 3 aromatic rings. The first-order chi connectivity index (χ1) is 18.1. The maximum atomic E-state index is 13.9. The number of nitrogens with one attached hydrogen (secondary N) is 1. The molecule has 0 aliphatic rings. The third kappa shape index (κ3) is 7.28. The van der Waals surface area contributed by atoms with Crippen LogP contribution in [0.3, 0.4) is 0 Å². The lowest BCUT2D eigenvalue weighted by Gasteiger charge is -2.33. The van der Waals surface area contributed by atoms with Crippen LogP contribution in [0.2, 0.25) is 10.0 Å². The van der Waals surface area contributed by atoms with Crippen molar-refractivity contribution in [1.29, 1.82) is 0 Å². The van der Waals surface area contributed by atoms with E-state index in [1.807, 2.05) is 6.92 Å². The van der Waals surface area contributed by atoms with Crippen LogP contribution in [0.25, 0.3) is 0 Å². The Bertz CT molecular complexity index is 1360. The van der Waals surface area contributed by atoms with Gasteiger partial charge in [-0.3, -0.25) is 13.9 Å². The number of carbonyl (C=O) groups is 2. The lowest BCUT2D eigenvalue weighted by Crippen LogP contribution is -2.52. The minimum atomic E-state index is -4.15. The smallest absolute Gasteiger partial charge is 0.264 e. The molecule has 10 heteroatoms. The highest BCUT2D eigenvalue weighted by Gasteiger charge is 2.33. The lowest BCUT2D eigenvalue weighted by molar-refractivity contribution is -0.140. The number of nitrogens with zero attached hydrogens (tertiary/aromatic N) is 2. The fraction of sp³-hybridized carbons (Fsp3) is 0.286. The fourth-order valence-electron chi connectivity index (χ4n) is 4.00. The number of hydrogen-bond donors (Lipinski definition) is 1. The molecule has 7 nitrogen and oxygen atoms in total. The number of anilines is 1. The van der Waals surface area contributed by atoms with Gasteiger partial charge in [0, 0.05) is 23.1 Å².